The van der Waals surface area contributed by atoms with Crippen molar-refractivity contribution in [2.45, 2.75) is 81.6 Å². The van der Waals surface area contributed by atoms with Crippen LogP contribution in [0, 0.1) is 0 Å². The topological polar surface area (TPSA) is 0 Å². The quantitative estimate of drug-likeness (QED) is 0.371. The summed E-state index contributed by atoms with van der Waals surface area (Å²) in [5.74, 6) is 0. The van der Waals surface area contributed by atoms with E-state index < -0.39 is 0 Å². The van der Waals surface area contributed by atoms with E-state index in [4.69, 9.17) is 2.74 Å². The maximum Gasteiger partial charge on any atom is 0.0194 e. The molecule has 0 nitrogen and oxygen atoms in total. The Labute approximate surface area is 94.2 Å². The average molecular weight is 205 g/mol. The Kier molecular flexibility index (Phi) is 0. The van der Waals surface area contributed by atoms with Crippen molar-refractivity contribution < 1.29 is 11.3 Å². The Balaban J connectivity index is -0.000000000157. The van der Waals surface area contributed by atoms with Crippen LogP contribution < -0.4 is 0 Å². The van der Waals surface area contributed by atoms with Gasteiger partial charge in [0.15, 0.2) is 0 Å². The SMILES string of the molecule is C.C.C.C.C.C.C.C.C.[3HH].[3HH].[3HH].[3HH].[3HH].[3HH].[3H]C.[3H]C. The molecule has 0 N–H and O–H groups in total. The molecule has 0 spiro atoms. The monoisotopic (exact) mass is 205 g/mol. The Morgan fingerprint density at radius 3 is 0.364 bits per heavy atom. The molecule has 0 aliphatic rings. The van der Waals surface area contributed by atoms with Gasteiger partial charge in [0, 0.05) is 11.3 Å². The summed E-state index contributed by atoms with van der Waals surface area (Å²) in [7, 11) is 2.50. The molecule has 0 heteroatoms. The Morgan fingerprint density at radius 1 is 0.364 bits per heavy atom. The molecule has 0 aromatic carbocycles. The highest BCUT2D eigenvalue weighted by Crippen LogP contribution is 0.154. The van der Waals surface area contributed by atoms with E-state index in [0.29, 0.717) is 0 Å². The summed E-state index contributed by atoms with van der Waals surface area (Å²) in [5, 5.41) is 0. The lowest BCUT2D eigenvalue weighted by molar-refractivity contribution is 2.50. The second-order valence-electron chi connectivity index (χ2n) is 0. The third kappa shape index (κ3) is 0. The predicted molar refractivity (Wildman–Crippen MR) is 86.7 cm³/mol. The molecule has 0 saturated heterocycles. The van der Waals surface area contributed by atoms with Crippen LogP contribution >= 0.6 is 0 Å². The van der Waals surface area contributed by atoms with Gasteiger partial charge in [-0.3, -0.25) is 0 Å². The van der Waals surface area contributed by atoms with Crippen LogP contribution in [0.15, 0.2) is 0 Å². The van der Waals surface area contributed by atoms with Crippen molar-refractivity contribution in [1.29, 1.82) is 0 Å². The van der Waals surface area contributed by atoms with Crippen LogP contribution in [0.25, 0.3) is 0 Å². The molecule has 0 aliphatic heterocycles. The molecule has 0 aliphatic carbocycles. The van der Waals surface area contributed by atoms with E-state index >= 15 is 0 Å². The summed E-state index contributed by atoms with van der Waals surface area (Å²) in [6, 6.07) is 0. The molecular formula is C11H56. The highest BCUT2D eigenvalue weighted by molar-refractivity contribution is 2.51. The molecule has 0 unspecified atom stereocenters. The van der Waals surface area contributed by atoms with Gasteiger partial charge in [-0.2, -0.15) is 0 Å². The normalized spacial score (nSPS) is 1.27. The Hall–Kier alpha value is 0. The van der Waals surface area contributed by atoms with Gasteiger partial charge in [-0.1, -0.05) is 81.6 Å². The van der Waals surface area contributed by atoms with Crippen molar-refractivity contribution in [1.82, 2.24) is 0 Å². The van der Waals surface area contributed by atoms with Crippen molar-refractivity contribution >= 4 is 0 Å². The fraction of sp³-hybridized carbons (Fsp3) is 1.00. The molecule has 0 rings (SSSR count). The summed E-state index contributed by atoms with van der Waals surface area (Å²) in [4.78, 5) is 0. The lowest BCUT2D eigenvalue weighted by atomic mass is 12.0. The van der Waals surface area contributed by atoms with Crippen LogP contribution in [0.2, 0.25) is 0 Å². The van der Waals surface area contributed by atoms with E-state index in [2.05, 4.69) is 0 Å². The predicted octanol–water partition coefficient (Wildman–Crippen LogP) is 8.47. The molecule has 11 heavy (non-hydrogen) atoms. The number of rotatable bonds is 0. The van der Waals surface area contributed by atoms with Crippen molar-refractivity contribution in [2.24, 2.45) is 0 Å². The molecule has 100 valence electrons. The fourth-order valence-electron chi connectivity index (χ4n) is 0. The lowest BCUT2D eigenvalue weighted by Gasteiger charge is -0.0786. The molecule has 0 fully saturated rings. The third-order valence-electron chi connectivity index (χ3n) is 0. The highest BCUT2D eigenvalue weighted by atomic mass is 12.0. The van der Waals surface area contributed by atoms with E-state index in [9.17, 15) is 0 Å². The largest absolute Gasteiger partial charge is 0.0776 e. The summed E-state index contributed by atoms with van der Waals surface area (Å²) in [6.07, 6.45) is 0. The smallest absolute Gasteiger partial charge is 0.0194 e. The van der Waals surface area contributed by atoms with E-state index in [-0.39, 0.29) is 75.4 Å². The van der Waals surface area contributed by atoms with Crippen LogP contribution in [-0.4, -0.2) is 0 Å². The second kappa shape index (κ2) is 0. The summed E-state index contributed by atoms with van der Waals surface area (Å²) in [6.45, 7) is 0. The molecule has 0 heterocycles. The zero-order valence-corrected chi connectivity index (χ0v) is 2.00. The van der Waals surface area contributed by atoms with Crippen molar-refractivity contribution in [3.8, 4) is 0 Å². The van der Waals surface area contributed by atoms with Crippen LogP contribution in [0.5, 0.6) is 0 Å². The van der Waals surface area contributed by atoms with Gasteiger partial charge in [0.1, 0.15) is 0 Å². The molecule has 0 aromatic rings. The Morgan fingerprint density at radius 2 is 0.364 bits per heavy atom. The number of hydrogen-bond acceptors (Lipinski definition) is 0. The van der Waals surface area contributed by atoms with Gasteiger partial charge in [0.05, 0.1) is 0 Å². The first kappa shape index (κ1) is 275. The average Bonchev–Trinajstić information content (AvgIpc) is 1.50. The first-order chi connectivity index (χ1) is 2.00. The minimum atomic E-state index is 0. The van der Waals surface area contributed by atoms with E-state index in [1.165, 1.54) is 14.8 Å². The summed E-state index contributed by atoms with van der Waals surface area (Å²) < 4.78 is 11.5. The zero-order chi connectivity index (χ0) is 4.00. The highest BCUT2D eigenvalue weighted by Gasteiger charge is -0.0676. The molecule has 0 amide bonds. The minimum Gasteiger partial charge on any atom is -0.0776 e. The van der Waals surface area contributed by atoms with Gasteiger partial charge < -0.3 is 0 Å². The van der Waals surface area contributed by atoms with Crippen molar-refractivity contribution in [3.63, 3.8) is 0 Å². The second-order valence-corrected chi connectivity index (χ2v) is 0. The van der Waals surface area contributed by atoms with Gasteiger partial charge in [0.2, 0.25) is 0 Å². The molecule has 0 radical (unpaired) electrons. The van der Waals surface area contributed by atoms with E-state index in [1.807, 2.05) is 0 Å². The Bertz CT molecular complexity index is 18.7. The first-order valence-electron chi connectivity index (χ1n) is 2.00. The fourth-order valence-corrected chi connectivity index (χ4v) is 0. The summed E-state index contributed by atoms with van der Waals surface area (Å²) in [5.41, 5.74) is 0. The molecule has 0 atom stereocenters. The van der Waals surface area contributed by atoms with Crippen LogP contribution in [0.4, 0.5) is 0 Å². The van der Waals surface area contributed by atoms with Crippen molar-refractivity contribution in [2.75, 3.05) is 0 Å². The molecule has 0 bridgehead atoms. The standard InChI is InChI=1S/11CH4.6H2/h11*1H4;6*1H/i2*1T;;;;;;;;;;6*1+2. The van der Waals surface area contributed by atoms with Gasteiger partial charge in [-0.25, -0.2) is 0 Å². The van der Waals surface area contributed by atoms with Gasteiger partial charge in [0.25, 0.3) is 0 Å². The molecule has 0 saturated carbocycles. The van der Waals surface area contributed by atoms with Gasteiger partial charge >= 0.3 is 0 Å². The van der Waals surface area contributed by atoms with Gasteiger partial charge in [-0.05, 0) is 0 Å². The van der Waals surface area contributed by atoms with E-state index in [0.717, 1.165) is 0 Å². The maximum absolute atomic E-state index is 5.75. The van der Waals surface area contributed by atoms with Crippen LogP contribution in [0.1, 0.15) is 92.9 Å². The number of hydrogen-bond donors (Lipinski definition) is 0. The zero-order valence-electron chi connectivity index (χ0n) is 4.00. The minimum absolute atomic E-state index is 0. The van der Waals surface area contributed by atoms with Crippen LogP contribution in [-0.2, 0) is 0 Å². The maximum atomic E-state index is 5.75. The van der Waals surface area contributed by atoms with Crippen molar-refractivity contribution in [3.05, 3.63) is 0 Å². The lowest BCUT2D eigenvalue weighted by Crippen LogP contribution is 0.143. The third-order valence-corrected chi connectivity index (χ3v) is 0. The van der Waals surface area contributed by atoms with Gasteiger partial charge in [-0.15, -0.1) is 0 Å². The molecular weight excluding hydrogens is 132 g/mol. The van der Waals surface area contributed by atoms with E-state index in [1.54, 1.807) is 0 Å². The molecule has 0 aromatic heterocycles. The first-order valence-corrected chi connectivity index (χ1v) is 0. The summed E-state index contributed by atoms with van der Waals surface area (Å²) >= 11 is 0. The van der Waals surface area contributed by atoms with Crippen LogP contribution in [0.3, 0.4) is 0 Å².